The molecule has 2 aliphatic heterocycles. The van der Waals surface area contributed by atoms with Crippen LogP contribution in [0.4, 0.5) is 4.79 Å². The van der Waals surface area contributed by atoms with Crippen molar-refractivity contribution >= 4 is 11.9 Å². The topological polar surface area (TPSA) is 72.9 Å². The Morgan fingerprint density at radius 2 is 2.08 bits per heavy atom. The minimum atomic E-state index is -0.849. The Hall–Kier alpha value is -1.92. The summed E-state index contributed by atoms with van der Waals surface area (Å²) in [6.07, 6.45) is 1.30. The summed E-state index contributed by atoms with van der Waals surface area (Å²) in [6, 6.07) is 7.53. The van der Waals surface area contributed by atoms with Gasteiger partial charge in [0.15, 0.2) is 0 Å². The molecule has 2 saturated heterocycles. The van der Waals surface area contributed by atoms with Gasteiger partial charge >= 0.3 is 6.03 Å². The van der Waals surface area contributed by atoms with Gasteiger partial charge in [0, 0.05) is 26.1 Å². The molecule has 2 fully saturated rings. The maximum absolute atomic E-state index is 12.5. The number of likely N-dealkylation sites (tertiary alicyclic amines) is 1. The molecule has 0 aliphatic carbocycles. The molecule has 2 heterocycles. The molecule has 136 valence electrons. The van der Waals surface area contributed by atoms with Gasteiger partial charge in [-0.2, -0.15) is 0 Å². The predicted molar refractivity (Wildman–Crippen MR) is 95.0 cm³/mol. The SMILES string of the molecule is Cc1ccccc1[C@H](O)CN1CCC[C@H]([C@@]2(C)NC(=O)N(C)C2=O)C1. The van der Waals surface area contributed by atoms with E-state index in [4.69, 9.17) is 0 Å². The third kappa shape index (κ3) is 3.28. The third-order valence-corrected chi connectivity index (χ3v) is 5.72. The third-order valence-electron chi connectivity index (χ3n) is 5.72. The summed E-state index contributed by atoms with van der Waals surface area (Å²) in [7, 11) is 1.52. The smallest absolute Gasteiger partial charge is 0.324 e. The highest BCUT2D eigenvalue weighted by Crippen LogP contribution is 2.32. The van der Waals surface area contributed by atoms with Crippen LogP contribution in [0.2, 0.25) is 0 Å². The van der Waals surface area contributed by atoms with E-state index >= 15 is 0 Å². The fourth-order valence-corrected chi connectivity index (χ4v) is 4.07. The molecule has 0 bridgehead atoms. The first-order valence-corrected chi connectivity index (χ1v) is 8.89. The average molecular weight is 345 g/mol. The maximum atomic E-state index is 12.5. The zero-order valence-electron chi connectivity index (χ0n) is 15.2. The van der Waals surface area contributed by atoms with Crippen molar-refractivity contribution < 1.29 is 14.7 Å². The van der Waals surface area contributed by atoms with Crippen LogP contribution in [0.15, 0.2) is 24.3 Å². The quantitative estimate of drug-likeness (QED) is 0.815. The molecule has 1 aromatic rings. The van der Waals surface area contributed by atoms with Gasteiger partial charge in [0.1, 0.15) is 5.54 Å². The number of benzene rings is 1. The maximum Gasteiger partial charge on any atom is 0.324 e. The molecule has 3 amide bonds. The Kier molecular flexibility index (Phi) is 4.84. The lowest BCUT2D eigenvalue weighted by molar-refractivity contribution is -0.132. The van der Waals surface area contributed by atoms with Crippen molar-refractivity contribution in [2.75, 3.05) is 26.7 Å². The van der Waals surface area contributed by atoms with Crippen LogP contribution in [0.1, 0.15) is 37.0 Å². The highest BCUT2D eigenvalue weighted by atomic mass is 16.3. The molecule has 0 radical (unpaired) electrons. The fourth-order valence-electron chi connectivity index (χ4n) is 4.07. The summed E-state index contributed by atoms with van der Waals surface area (Å²) in [5.41, 5.74) is 1.18. The molecule has 6 heteroatoms. The van der Waals surface area contributed by atoms with Crippen LogP contribution < -0.4 is 5.32 Å². The van der Waals surface area contributed by atoms with Gasteiger partial charge in [-0.3, -0.25) is 9.69 Å². The Labute approximate surface area is 148 Å². The van der Waals surface area contributed by atoms with Gasteiger partial charge in [0.25, 0.3) is 5.91 Å². The number of hydrogen-bond donors (Lipinski definition) is 2. The lowest BCUT2D eigenvalue weighted by atomic mass is 9.80. The number of aliphatic hydroxyl groups is 1. The summed E-state index contributed by atoms with van der Waals surface area (Å²) in [6.45, 7) is 5.95. The van der Waals surface area contributed by atoms with Crippen LogP contribution in [0, 0.1) is 12.8 Å². The largest absolute Gasteiger partial charge is 0.387 e. The van der Waals surface area contributed by atoms with Crippen LogP contribution in [0.5, 0.6) is 0 Å². The number of β-amino-alcohol motifs (C(OH)–C–C–N with tert-alkyl or cyclic N) is 1. The van der Waals surface area contributed by atoms with Gasteiger partial charge < -0.3 is 15.3 Å². The number of amides is 3. The van der Waals surface area contributed by atoms with Crippen molar-refractivity contribution in [3.63, 3.8) is 0 Å². The summed E-state index contributed by atoms with van der Waals surface area (Å²) < 4.78 is 0. The van der Waals surface area contributed by atoms with E-state index in [2.05, 4.69) is 10.2 Å². The van der Waals surface area contributed by atoms with Crippen molar-refractivity contribution in [3.8, 4) is 0 Å². The van der Waals surface area contributed by atoms with E-state index in [-0.39, 0.29) is 17.9 Å². The zero-order chi connectivity index (χ0) is 18.2. The molecule has 25 heavy (non-hydrogen) atoms. The fraction of sp³-hybridized carbons (Fsp3) is 0.579. The average Bonchev–Trinajstić information content (AvgIpc) is 2.79. The van der Waals surface area contributed by atoms with Gasteiger partial charge in [0.05, 0.1) is 6.10 Å². The number of piperidine rings is 1. The van der Waals surface area contributed by atoms with Gasteiger partial charge in [-0.1, -0.05) is 24.3 Å². The molecule has 1 aromatic carbocycles. The number of nitrogens with zero attached hydrogens (tertiary/aromatic N) is 2. The second-order valence-electron chi connectivity index (χ2n) is 7.47. The van der Waals surface area contributed by atoms with E-state index in [1.165, 1.54) is 11.9 Å². The number of urea groups is 1. The number of carbonyl (C=O) groups excluding carboxylic acids is 2. The van der Waals surface area contributed by atoms with Crippen LogP contribution >= 0.6 is 0 Å². The number of carbonyl (C=O) groups is 2. The molecule has 0 spiro atoms. The highest BCUT2D eigenvalue weighted by Gasteiger charge is 2.51. The summed E-state index contributed by atoms with van der Waals surface area (Å²) in [5.74, 6) is -0.115. The van der Waals surface area contributed by atoms with E-state index in [1.807, 2.05) is 38.1 Å². The number of rotatable bonds is 4. The zero-order valence-corrected chi connectivity index (χ0v) is 15.2. The van der Waals surface area contributed by atoms with Gasteiger partial charge in [0.2, 0.25) is 0 Å². The first kappa shape index (κ1) is 17.9. The number of hydrogen-bond acceptors (Lipinski definition) is 4. The van der Waals surface area contributed by atoms with Crippen molar-refractivity contribution in [2.45, 2.75) is 38.3 Å². The number of imide groups is 1. The highest BCUT2D eigenvalue weighted by molar-refractivity contribution is 6.06. The summed E-state index contributed by atoms with van der Waals surface area (Å²) in [5, 5.41) is 13.5. The van der Waals surface area contributed by atoms with E-state index in [0.29, 0.717) is 13.1 Å². The molecular weight excluding hydrogens is 318 g/mol. The Balaban J connectivity index is 1.69. The Morgan fingerprint density at radius 1 is 1.36 bits per heavy atom. The lowest BCUT2D eigenvalue weighted by Gasteiger charge is -2.40. The van der Waals surface area contributed by atoms with E-state index in [1.54, 1.807) is 0 Å². The number of likely N-dealkylation sites (N-methyl/N-ethyl adjacent to an activating group) is 1. The molecule has 0 unspecified atom stereocenters. The summed E-state index contributed by atoms with van der Waals surface area (Å²) >= 11 is 0. The van der Waals surface area contributed by atoms with Crippen molar-refractivity contribution in [3.05, 3.63) is 35.4 Å². The summed E-state index contributed by atoms with van der Waals surface area (Å²) in [4.78, 5) is 27.7. The molecule has 3 atom stereocenters. The number of aryl methyl sites for hydroxylation is 1. The van der Waals surface area contributed by atoms with E-state index < -0.39 is 11.6 Å². The molecule has 2 aliphatic rings. The van der Waals surface area contributed by atoms with Crippen LogP contribution in [0.25, 0.3) is 0 Å². The van der Waals surface area contributed by atoms with E-state index in [0.717, 1.165) is 30.5 Å². The van der Waals surface area contributed by atoms with Gasteiger partial charge in [-0.05, 0) is 44.4 Å². The second kappa shape index (κ2) is 6.77. The monoisotopic (exact) mass is 345 g/mol. The van der Waals surface area contributed by atoms with Gasteiger partial charge in [-0.25, -0.2) is 4.79 Å². The van der Waals surface area contributed by atoms with Gasteiger partial charge in [-0.15, -0.1) is 0 Å². The van der Waals surface area contributed by atoms with Crippen LogP contribution in [-0.4, -0.2) is 59.1 Å². The van der Waals surface area contributed by atoms with Crippen molar-refractivity contribution in [1.82, 2.24) is 15.1 Å². The molecular formula is C19H27N3O3. The van der Waals surface area contributed by atoms with Crippen LogP contribution in [-0.2, 0) is 4.79 Å². The first-order chi connectivity index (χ1) is 11.8. The van der Waals surface area contributed by atoms with Crippen LogP contribution in [0.3, 0.4) is 0 Å². The molecule has 6 nitrogen and oxygen atoms in total. The van der Waals surface area contributed by atoms with Crippen molar-refractivity contribution in [2.24, 2.45) is 5.92 Å². The molecule has 3 rings (SSSR count). The minimum Gasteiger partial charge on any atom is -0.387 e. The normalized spacial score (nSPS) is 29.0. The molecule has 0 saturated carbocycles. The first-order valence-electron chi connectivity index (χ1n) is 8.89. The predicted octanol–water partition coefficient (Wildman–Crippen LogP) is 1.68. The minimum absolute atomic E-state index is 0.0479. The molecule has 2 N–H and O–H groups in total. The lowest BCUT2D eigenvalue weighted by Crippen LogP contribution is -2.56. The Morgan fingerprint density at radius 3 is 2.72 bits per heavy atom. The number of nitrogens with one attached hydrogen (secondary N) is 1. The second-order valence-corrected chi connectivity index (χ2v) is 7.47. The number of aliphatic hydroxyl groups excluding tert-OH is 1. The van der Waals surface area contributed by atoms with Crippen molar-refractivity contribution in [1.29, 1.82) is 0 Å². The van der Waals surface area contributed by atoms with E-state index in [9.17, 15) is 14.7 Å². The Bertz CT molecular complexity index is 678. The molecule has 0 aromatic heterocycles. The standard InChI is InChI=1S/C19H27N3O3/c1-13-7-4-5-9-15(13)16(23)12-22-10-6-8-14(11-22)19(2)17(24)21(3)18(25)20-19/h4-5,7,9,14,16,23H,6,8,10-12H2,1-3H3,(H,20,25)/t14-,16+,19+/m0/s1.